The summed E-state index contributed by atoms with van der Waals surface area (Å²) in [7, 11) is 0. The minimum atomic E-state index is -0.584. The molecule has 7 heteroatoms. The van der Waals surface area contributed by atoms with Gasteiger partial charge in [0.05, 0.1) is 6.42 Å². The number of benzene rings is 1. The third kappa shape index (κ3) is 5.19. The normalized spacial score (nSPS) is 12.6. The molecule has 0 fully saturated rings. The minimum absolute atomic E-state index is 0.00686. The Bertz CT molecular complexity index is 1040. The van der Waals surface area contributed by atoms with E-state index in [9.17, 15) is 14.0 Å². The van der Waals surface area contributed by atoms with Crippen molar-refractivity contribution in [3.8, 4) is 11.1 Å². The van der Waals surface area contributed by atoms with Gasteiger partial charge in [-0.2, -0.15) is 0 Å². The Morgan fingerprint density at radius 3 is 2.66 bits per heavy atom. The molecular weight excluding hydrogens is 373 g/mol. The average Bonchev–Trinajstić information content (AvgIpc) is 3.03. The van der Waals surface area contributed by atoms with Crippen LogP contribution < -0.4 is 5.32 Å². The molecule has 0 saturated carbocycles. The number of esters is 1. The van der Waals surface area contributed by atoms with E-state index >= 15 is 0 Å². The molecule has 2 N–H and O–H groups in total. The van der Waals surface area contributed by atoms with Crippen molar-refractivity contribution in [3.05, 3.63) is 48.5 Å². The number of aromatic amines is 1. The van der Waals surface area contributed by atoms with Gasteiger partial charge in [-0.05, 0) is 51.1 Å². The van der Waals surface area contributed by atoms with E-state index in [1.165, 1.54) is 12.1 Å². The molecule has 0 spiro atoms. The Morgan fingerprint density at radius 2 is 2.00 bits per heavy atom. The van der Waals surface area contributed by atoms with Crippen LogP contribution in [-0.2, 0) is 14.3 Å². The summed E-state index contributed by atoms with van der Waals surface area (Å²) in [6.07, 6.45) is 3.43. The van der Waals surface area contributed by atoms with Crippen molar-refractivity contribution in [1.82, 2.24) is 9.97 Å². The van der Waals surface area contributed by atoms with Crippen molar-refractivity contribution in [2.75, 3.05) is 5.32 Å². The lowest BCUT2D eigenvalue weighted by atomic mass is 10.1. The van der Waals surface area contributed by atoms with Gasteiger partial charge < -0.3 is 15.0 Å². The van der Waals surface area contributed by atoms with E-state index in [0.717, 1.165) is 16.5 Å². The van der Waals surface area contributed by atoms with Gasteiger partial charge in [-0.25, -0.2) is 9.37 Å². The van der Waals surface area contributed by atoms with Crippen molar-refractivity contribution in [1.29, 1.82) is 0 Å². The third-order valence-corrected chi connectivity index (χ3v) is 4.31. The third-order valence-electron chi connectivity index (χ3n) is 4.31. The highest BCUT2D eigenvalue weighted by Crippen LogP contribution is 2.29. The molecule has 2 heterocycles. The summed E-state index contributed by atoms with van der Waals surface area (Å²) in [5.41, 5.74) is 1.85. The van der Waals surface area contributed by atoms with E-state index in [4.69, 9.17) is 4.74 Å². The number of fused-ring (bicyclic) bond motifs is 1. The van der Waals surface area contributed by atoms with Crippen LogP contribution in [0.1, 0.15) is 34.1 Å². The second kappa shape index (κ2) is 8.03. The minimum Gasteiger partial charge on any atom is -0.460 e. The summed E-state index contributed by atoms with van der Waals surface area (Å²) in [6.45, 7) is 7.01. The smallest absolute Gasteiger partial charge is 0.307 e. The number of aromatic nitrogens is 2. The summed E-state index contributed by atoms with van der Waals surface area (Å²) < 4.78 is 18.6. The Balaban J connectivity index is 1.65. The summed E-state index contributed by atoms with van der Waals surface area (Å²) >= 11 is 0. The first-order chi connectivity index (χ1) is 13.6. The second-order valence-corrected chi connectivity index (χ2v) is 8.01. The number of H-pyrrole nitrogens is 1. The topological polar surface area (TPSA) is 84.1 Å². The molecule has 1 amide bonds. The van der Waals surface area contributed by atoms with Crippen LogP contribution in [0.25, 0.3) is 22.0 Å². The molecule has 1 aromatic carbocycles. The van der Waals surface area contributed by atoms with Crippen molar-refractivity contribution in [3.63, 3.8) is 0 Å². The second-order valence-electron chi connectivity index (χ2n) is 8.01. The molecule has 1 atom stereocenters. The summed E-state index contributed by atoms with van der Waals surface area (Å²) in [6, 6.07) is 8.08. The standard InChI is InChI=1S/C22H24FN3O3/c1-13(9-20(27)29-22(2,3)4)21(28)26-19-8-5-14(11-25-19)17-12-24-18-10-15(23)6-7-16(17)18/h5-8,10-13,24H,9H2,1-4H3,(H,25,26,28)/t13-/m1/s1. The van der Waals surface area contributed by atoms with Gasteiger partial charge in [-0.3, -0.25) is 9.59 Å². The zero-order valence-electron chi connectivity index (χ0n) is 16.9. The first kappa shape index (κ1) is 20.5. The van der Waals surface area contributed by atoms with E-state index in [1.54, 1.807) is 52.2 Å². The van der Waals surface area contributed by atoms with E-state index in [2.05, 4.69) is 15.3 Å². The summed E-state index contributed by atoms with van der Waals surface area (Å²) in [5, 5.41) is 3.60. The number of halogens is 1. The quantitative estimate of drug-likeness (QED) is 0.613. The van der Waals surface area contributed by atoms with Gasteiger partial charge in [-0.15, -0.1) is 0 Å². The van der Waals surface area contributed by atoms with E-state index < -0.39 is 17.5 Å². The summed E-state index contributed by atoms with van der Waals surface area (Å²) in [4.78, 5) is 31.5. The van der Waals surface area contributed by atoms with Crippen molar-refractivity contribution < 1.29 is 18.7 Å². The number of nitrogens with zero attached hydrogens (tertiary/aromatic N) is 1. The van der Waals surface area contributed by atoms with Crippen molar-refractivity contribution in [2.24, 2.45) is 5.92 Å². The van der Waals surface area contributed by atoms with Crippen molar-refractivity contribution >= 4 is 28.6 Å². The Labute approximate surface area is 168 Å². The fourth-order valence-electron chi connectivity index (χ4n) is 2.94. The molecule has 0 radical (unpaired) electrons. The fourth-order valence-corrected chi connectivity index (χ4v) is 2.94. The molecule has 6 nitrogen and oxygen atoms in total. The van der Waals surface area contributed by atoms with Crippen LogP contribution in [0.15, 0.2) is 42.7 Å². The Kier molecular flexibility index (Phi) is 5.68. The largest absolute Gasteiger partial charge is 0.460 e. The number of anilines is 1. The maximum absolute atomic E-state index is 13.3. The lowest BCUT2D eigenvalue weighted by Gasteiger charge is -2.20. The number of carbonyl (C=O) groups is 2. The molecule has 0 unspecified atom stereocenters. The molecule has 0 aliphatic heterocycles. The van der Waals surface area contributed by atoms with E-state index in [1.807, 2.05) is 6.07 Å². The number of carbonyl (C=O) groups excluding carboxylic acids is 2. The number of pyridine rings is 1. The first-order valence-corrected chi connectivity index (χ1v) is 9.38. The monoisotopic (exact) mass is 397 g/mol. The maximum Gasteiger partial charge on any atom is 0.307 e. The van der Waals surface area contributed by atoms with Gasteiger partial charge in [-0.1, -0.05) is 6.92 Å². The van der Waals surface area contributed by atoms with Gasteiger partial charge in [0.1, 0.15) is 17.2 Å². The van der Waals surface area contributed by atoms with Crippen LogP contribution in [0.4, 0.5) is 10.2 Å². The van der Waals surface area contributed by atoms with Gasteiger partial charge >= 0.3 is 5.97 Å². The van der Waals surface area contributed by atoms with Gasteiger partial charge in [0.2, 0.25) is 5.91 Å². The molecule has 0 aliphatic carbocycles. The van der Waals surface area contributed by atoms with Crippen LogP contribution in [0.5, 0.6) is 0 Å². The first-order valence-electron chi connectivity index (χ1n) is 9.38. The number of rotatable bonds is 5. The van der Waals surface area contributed by atoms with Crippen LogP contribution in [0, 0.1) is 11.7 Å². The lowest BCUT2D eigenvalue weighted by Crippen LogP contribution is -2.28. The highest BCUT2D eigenvalue weighted by Gasteiger charge is 2.22. The number of hydrogen-bond acceptors (Lipinski definition) is 4. The van der Waals surface area contributed by atoms with Crippen LogP contribution in [-0.4, -0.2) is 27.4 Å². The zero-order valence-corrected chi connectivity index (χ0v) is 16.9. The zero-order chi connectivity index (χ0) is 21.2. The van der Waals surface area contributed by atoms with Crippen LogP contribution >= 0.6 is 0 Å². The number of nitrogens with one attached hydrogen (secondary N) is 2. The van der Waals surface area contributed by atoms with Crippen molar-refractivity contribution in [2.45, 2.75) is 39.7 Å². The van der Waals surface area contributed by atoms with Crippen LogP contribution in [0.2, 0.25) is 0 Å². The molecule has 0 saturated heterocycles. The van der Waals surface area contributed by atoms with Gasteiger partial charge in [0.15, 0.2) is 0 Å². The van der Waals surface area contributed by atoms with Gasteiger partial charge in [0, 0.05) is 40.3 Å². The molecule has 3 rings (SSSR count). The molecule has 29 heavy (non-hydrogen) atoms. The Hall–Kier alpha value is -3.22. The Morgan fingerprint density at radius 1 is 1.24 bits per heavy atom. The van der Waals surface area contributed by atoms with E-state index in [-0.39, 0.29) is 18.1 Å². The van der Waals surface area contributed by atoms with E-state index in [0.29, 0.717) is 11.3 Å². The number of hydrogen-bond donors (Lipinski definition) is 2. The average molecular weight is 397 g/mol. The fraction of sp³-hybridized carbons (Fsp3) is 0.318. The molecule has 152 valence electrons. The molecule has 0 aliphatic rings. The van der Waals surface area contributed by atoms with Gasteiger partial charge in [0.25, 0.3) is 0 Å². The van der Waals surface area contributed by atoms with Crippen LogP contribution in [0.3, 0.4) is 0 Å². The predicted octanol–water partition coefficient (Wildman–Crippen LogP) is 4.68. The highest BCUT2D eigenvalue weighted by molar-refractivity contribution is 5.96. The highest BCUT2D eigenvalue weighted by atomic mass is 19.1. The lowest BCUT2D eigenvalue weighted by molar-refractivity contribution is -0.156. The predicted molar refractivity (Wildman–Crippen MR) is 110 cm³/mol. The molecule has 0 bridgehead atoms. The number of amides is 1. The SMILES string of the molecule is C[C@H](CC(=O)OC(C)(C)C)C(=O)Nc1ccc(-c2c[nH]c3cc(F)ccc23)cn1. The maximum atomic E-state index is 13.3. The molecular formula is C22H24FN3O3. The molecule has 2 aromatic heterocycles. The summed E-state index contributed by atoms with van der Waals surface area (Å²) in [5.74, 6) is -1.18. The molecule has 3 aromatic rings. The number of ether oxygens (including phenoxy) is 1.